The maximum atomic E-state index is 11.9. The van der Waals surface area contributed by atoms with Gasteiger partial charge in [-0.3, -0.25) is 0 Å². The van der Waals surface area contributed by atoms with Crippen molar-refractivity contribution in [2.75, 3.05) is 13.2 Å². The summed E-state index contributed by atoms with van der Waals surface area (Å²) in [6.45, 7) is 5.37. The summed E-state index contributed by atoms with van der Waals surface area (Å²) in [5.41, 5.74) is 0.259. The Labute approximate surface area is 166 Å². The molecule has 8 nitrogen and oxygen atoms in total. The topological polar surface area (TPSA) is 117 Å². The van der Waals surface area contributed by atoms with Gasteiger partial charge in [-0.05, 0) is 45.6 Å². The molecule has 0 aliphatic heterocycles. The van der Waals surface area contributed by atoms with E-state index in [4.69, 9.17) is 14.6 Å². The van der Waals surface area contributed by atoms with Crippen LogP contribution in [0.15, 0.2) is 30.3 Å². The van der Waals surface area contributed by atoms with E-state index < -0.39 is 36.5 Å². The van der Waals surface area contributed by atoms with E-state index in [2.05, 4.69) is 10.6 Å². The van der Waals surface area contributed by atoms with Crippen molar-refractivity contribution in [2.45, 2.75) is 64.4 Å². The summed E-state index contributed by atoms with van der Waals surface area (Å²) in [6.07, 6.45) is -0.546. The Bertz CT molecular complexity index is 588. The predicted octanol–water partition coefficient (Wildman–Crippen LogP) is 2.33. The van der Waals surface area contributed by atoms with Gasteiger partial charge in [-0.1, -0.05) is 30.3 Å². The quantitative estimate of drug-likeness (QED) is 0.451. The summed E-state index contributed by atoms with van der Waals surface area (Å²) in [7, 11) is 0. The Morgan fingerprint density at radius 1 is 1.11 bits per heavy atom. The lowest BCUT2D eigenvalue weighted by atomic mass is 10.0. The Morgan fingerprint density at radius 3 is 2.39 bits per heavy atom. The number of alkyl carbamates (subject to hydrolysis) is 2. The van der Waals surface area contributed by atoms with E-state index in [1.54, 1.807) is 20.8 Å². The second-order valence-electron chi connectivity index (χ2n) is 7.49. The first-order valence-corrected chi connectivity index (χ1v) is 9.44. The van der Waals surface area contributed by atoms with Crippen LogP contribution in [0, 0.1) is 0 Å². The number of amides is 2. The van der Waals surface area contributed by atoms with Gasteiger partial charge in [-0.25, -0.2) is 9.59 Å². The molecule has 28 heavy (non-hydrogen) atoms. The number of hydrogen-bond donors (Lipinski definition) is 4. The number of carbonyl (C=O) groups excluding carboxylic acids is 2. The van der Waals surface area contributed by atoms with Gasteiger partial charge in [0, 0.05) is 6.54 Å². The SMILES string of the molecule is CC(C)(C)OC(=O)N[C@@H](CCCCNC(=O)OCc1ccccc1)[C@@H](O)CO. The van der Waals surface area contributed by atoms with Gasteiger partial charge >= 0.3 is 12.2 Å². The Balaban J connectivity index is 2.26. The van der Waals surface area contributed by atoms with Crippen LogP contribution in [0.3, 0.4) is 0 Å². The minimum atomic E-state index is -1.09. The first kappa shape index (κ1) is 23.7. The van der Waals surface area contributed by atoms with Crippen LogP contribution in [-0.2, 0) is 16.1 Å². The highest BCUT2D eigenvalue weighted by atomic mass is 16.6. The number of nitrogens with one attached hydrogen (secondary N) is 2. The minimum absolute atomic E-state index is 0.206. The van der Waals surface area contributed by atoms with E-state index >= 15 is 0 Å². The molecule has 0 saturated carbocycles. The monoisotopic (exact) mass is 396 g/mol. The van der Waals surface area contributed by atoms with E-state index in [1.807, 2.05) is 30.3 Å². The molecule has 1 aromatic rings. The Morgan fingerprint density at radius 2 is 1.79 bits per heavy atom. The second kappa shape index (κ2) is 12.2. The van der Waals surface area contributed by atoms with Gasteiger partial charge in [0.2, 0.25) is 0 Å². The maximum Gasteiger partial charge on any atom is 0.407 e. The van der Waals surface area contributed by atoms with Crippen molar-refractivity contribution < 1.29 is 29.3 Å². The van der Waals surface area contributed by atoms with Crippen LogP contribution in [0.5, 0.6) is 0 Å². The smallest absolute Gasteiger partial charge is 0.407 e. The number of benzene rings is 1. The molecule has 0 bridgehead atoms. The zero-order valence-electron chi connectivity index (χ0n) is 16.8. The number of rotatable bonds is 10. The summed E-state index contributed by atoms with van der Waals surface area (Å²) >= 11 is 0. The molecule has 0 aliphatic rings. The molecule has 0 heterocycles. The van der Waals surface area contributed by atoms with Crippen molar-refractivity contribution >= 4 is 12.2 Å². The molecule has 0 unspecified atom stereocenters. The van der Waals surface area contributed by atoms with Gasteiger partial charge in [-0.2, -0.15) is 0 Å². The molecule has 1 aromatic carbocycles. The van der Waals surface area contributed by atoms with Crippen molar-refractivity contribution in [1.29, 1.82) is 0 Å². The van der Waals surface area contributed by atoms with Crippen LogP contribution in [0.25, 0.3) is 0 Å². The third kappa shape index (κ3) is 10.7. The summed E-state index contributed by atoms with van der Waals surface area (Å²) in [5, 5.41) is 24.3. The Kier molecular flexibility index (Phi) is 10.3. The average molecular weight is 396 g/mol. The van der Waals surface area contributed by atoms with Crippen LogP contribution in [0.1, 0.15) is 45.6 Å². The van der Waals surface area contributed by atoms with Gasteiger partial charge in [0.05, 0.1) is 18.8 Å². The fourth-order valence-electron chi connectivity index (χ4n) is 2.40. The highest BCUT2D eigenvalue weighted by molar-refractivity contribution is 5.68. The molecule has 2 amide bonds. The highest BCUT2D eigenvalue weighted by Gasteiger charge is 2.23. The first-order valence-electron chi connectivity index (χ1n) is 9.44. The maximum absolute atomic E-state index is 11.9. The van der Waals surface area contributed by atoms with E-state index in [0.29, 0.717) is 25.8 Å². The zero-order valence-corrected chi connectivity index (χ0v) is 16.8. The summed E-state index contributed by atoms with van der Waals surface area (Å²) < 4.78 is 10.3. The number of carbonyl (C=O) groups is 2. The lowest BCUT2D eigenvalue weighted by Crippen LogP contribution is -2.46. The molecular formula is C20H32N2O6. The molecule has 0 saturated heterocycles. The number of hydrogen-bond acceptors (Lipinski definition) is 6. The van der Waals surface area contributed by atoms with Crippen LogP contribution in [0.4, 0.5) is 9.59 Å². The second-order valence-corrected chi connectivity index (χ2v) is 7.49. The van der Waals surface area contributed by atoms with Crippen molar-refractivity contribution in [3.8, 4) is 0 Å². The van der Waals surface area contributed by atoms with Gasteiger partial charge in [0.1, 0.15) is 12.2 Å². The summed E-state index contributed by atoms with van der Waals surface area (Å²) in [6, 6.07) is 8.75. The number of unbranched alkanes of at least 4 members (excludes halogenated alkanes) is 1. The van der Waals surface area contributed by atoms with Crippen molar-refractivity contribution in [3.63, 3.8) is 0 Å². The molecule has 0 radical (unpaired) electrons. The lowest BCUT2D eigenvalue weighted by molar-refractivity contribution is 0.0302. The first-order chi connectivity index (χ1) is 13.2. The van der Waals surface area contributed by atoms with Crippen LogP contribution >= 0.6 is 0 Å². The third-order valence-corrected chi connectivity index (χ3v) is 3.78. The van der Waals surface area contributed by atoms with Crippen molar-refractivity contribution in [2.24, 2.45) is 0 Å². The van der Waals surface area contributed by atoms with E-state index in [1.165, 1.54) is 0 Å². The molecule has 0 spiro atoms. The van der Waals surface area contributed by atoms with Gasteiger partial charge < -0.3 is 30.3 Å². The highest BCUT2D eigenvalue weighted by Crippen LogP contribution is 2.10. The average Bonchev–Trinajstić information content (AvgIpc) is 2.63. The minimum Gasteiger partial charge on any atom is -0.445 e. The van der Waals surface area contributed by atoms with Crippen molar-refractivity contribution in [3.05, 3.63) is 35.9 Å². The zero-order chi connectivity index (χ0) is 21.0. The number of aliphatic hydroxyl groups is 2. The van der Waals surface area contributed by atoms with Gasteiger partial charge in [0.25, 0.3) is 0 Å². The number of ether oxygens (including phenoxy) is 2. The molecule has 8 heteroatoms. The molecule has 1 rings (SSSR count). The van der Waals surface area contributed by atoms with Crippen LogP contribution in [0.2, 0.25) is 0 Å². The standard InChI is InChI=1S/C20H32N2O6/c1-20(2,3)28-19(26)22-16(17(24)13-23)11-7-8-12-21-18(25)27-14-15-9-5-4-6-10-15/h4-6,9-10,16-17,23-24H,7-8,11-14H2,1-3H3,(H,21,25)(H,22,26)/t16-,17-/m0/s1. The molecule has 0 aromatic heterocycles. The largest absolute Gasteiger partial charge is 0.445 e. The molecule has 0 aliphatic carbocycles. The summed E-state index contributed by atoms with van der Waals surface area (Å²) in [5.74, 6) is 0. The predicted molar refractivity (Wildman–Crippen MR) is 105 cm³/mol. The van der Waals surface area contributed by atoms with Crippen LogP contribution < -0.4 is 10.6 Å². The molecular weight excluding hydrogens is 364 g/mol. The van der Waals surface area contributed by atoms with Crippen LogP contribution in [-0.4, -0.2) is 53.3 Å². The van der Waals surface area contributed by atoms with E-state index in [9.17, 15) is 14.7 Å². The third-order valence-electron chi connectivity index (χ3n) is 3.78. The lowest BCUT2D eigenvalue weighted by Gasteiger charge is -2.26. The molecule has 2 atom stereocenters. The normalized spacial score (nSPS) is 13.3. The van der Waals surface area contributed by atoms with E-state index in [0.717, 1.165) is 5.56 Å². The molecule has 158 valence electrons. The molecule has 0 fully saturated rings. The number of aliphatic hydroxyl groups excluding tert-OH is 2. The van der Waals surface area contributed by atoms with Crippen molar-refractivity contribution in [1.82, 2.24) is 10.6 Å². The van der Waals surface area contributed by atoms with Gasteiger partial charge in [0.15, 0.2) is 0 Å². The fourth-order valence-corrected chi connectivity index (χ4v) is 2.40. The van der Waals surface area contributed by atoms with E-state index in [-0.39, 0.29) is 6.61 Å². The summed E-state index contributed by atoms with van der Waals surface area (Å²) in [4.78, 5) is 23.5. The molecule has 4 N–H and O–H groups in total. The van der Waals surface area contributed by atoms with Gasteiger partial charge in [-0.15, -0.1) is 0 Å². The fraction of sp³-hybridized carbons (Fsp3) is 0.600. The Hall–Kier alpha value is -2.32.